The van der Waals surface area contributed by atoms with Gasteiger partial charge >= 0.3 is 0 Å². The molecule has 0 fully saturated rings. The molecule has 0 spiro atoms. The molecule has 0 aliphatic carbocycles. The molecule has 0 amide bonds. The Hall–Kier alpha value is -1.98. The van der Waals surface area contributed by atoms with Crippen LogP contribution in [0.1, 0.15) is 15.9 Å². The van der Waals surface area contributed by atoms with Gasteiger partial charge in [-0.05, 0) is 12.1 Å². The van der Waals surface area contributed by atoms with E-state index in [1.807, 2.05) is 0 Å². The molecular formula is C15H13Cl2NO4. The van der Waals surface area contributed by atoms with E-state index in [1.165, 1.54) is 38.7 Å². The zero-order chi connectivity index (χ0) is 16.3. The number of methoxy groups -OCH3 is 2. The highest BCUT2D eigenvalue weighted by Crippen LogP contribution is 2.39. The molecule has 0 radical (unpaired) electrons. The zero-order valence-electron chi connectivity index (χ0n) is 11.9. The highest BCUT2D eigenvalue weighted by Gasteiger charge is 2.21. The fraction of sp³-hybridized carbons (Fsp3) is 0.200. The number of phenolic OH excluding ortho intramolecular Hbond substituents is 1. The van der Waals surface area contributed by atoms with Crippen molar-refractivity contribution in [1.82, 2.24) is 4.98 Å². The van der Waals surface area contributed by atoms with E-state index in [4.69, 9.17) is 32.7 Å². The van der Waals surface area contributed by atoms with Gasteiger partial charge in [0.15, 0.2) is 17.3 Å². The SMILES string of the molecule is COc1ccc(C(=O)Cc2c(Cl)cncc2Cl)c(OC)c1O. The first kappa shape index (κ1) is 16.4. The Bertz CT molecular complexity index is 699. The molecule has 1 N–H and O–H groups in total. The minimum atomic E-state index is -0.301. The van der Waals surface area contributed by atoms with Crippen LogP contribution in [0.3, 0.4) is 0 Å². The van der Waals surface area contributed by atoms with Crippen LogP contribution < -0.4 is 9.47 Å². The maximum atomic E-state index is 12.5. The van der Waals surface area contributed by atoms with Gasteiger partial charge < -0.3 is 14.6 Å². The quantitative estimate of drug-likeness (QED) is 0.842. The van der Waals surface area contributed by atoms with Crippen molar-refractivity contribution >= 4 is 29.0 Å². The molecule has 0 atom stereocenters. The number of aromatic nitrogens is 1. The number of pyridine rings is 1. The monoisotopic (exact) mass is 341 g/mol. The highest BCUT2D eigenvalue weighted by atomic mass is 35.5. The summed E-state index contributed by atoms with van der Waals surface area (Å²) in [6.45, 7) is 0. The van der Waals surface area contributed by atoms with Gasteiger partial charge in [0.1, 0.15) is 0 Å². The van der Waals surface area contributed by atoms with Crippen molar-refractivity contribution in [1.29, 1.82) is 0 Å². The molecule has 0 aliphatic rings. The third-order valence-electron chi connectivity index (χ3n) is 3.11. The topological polar surface area (TPSA) is 68.7 Å². The van der Waals surface area contributed by atoms with E-state index in [9.17, 15) is 9.90 Å². The summed E-state index contributed by atoms with van der Waals surface area (Å²) in [7, 11) is 2.77. The number of carbonyl (C=O) groups is 1. The minimum absolute atomic E-state index is 0.0394. The average Bonchev–Trinajstić information content (AvgIpc) is 2.50. The Balaban J connectivity index is 2.40. The number of halogens is 2. The number of rotatable bonds is 5. The lowest BCUT2D eigenvalue weighted by Crippen LogP contribution is -2.07. The highest BCUT2D eigenvalue weighted by molar-refractivity contribution is 6.36. The first-order valence-electron chi connectivity index (χ1n) is 6.24. The summed E-state index contributed by atoms with van der Waals surface area (Å²) in [6.07, 6.45) is 2.79. The van der Waals surface area contributed by atoms with E-state index in [-0.39, 0.29) is 35.0 Å². The molecular weight excluding hydrogens is 329 g/mol. The van der Waals surface area contributed by atoms with Gasteiger partial charge in [0.2, 0.25) is 5.75 Å². The lowest BCUT2D eigenvalue weighted by Gasteiger charge is -2.13. The van der Waals surface area contributed by atoms with Crippen LogP contribution in [0.2, 0.25) is 10.0 Å². The van der Waals surface area contributed by atoms with Gasteiger partial charge in [-0.2, -0.15) is 0 Å². The Labute approximate surface area is 137 Å². The number of hydrogen-bond acceptors (Lipinski definition) is 5. The lowest BCUT2D eigenvalue weighted by atomic mass is 10.0. The normalized spacial score (nSPS) is 10.4. The van der Waals surface area contributed by atoms with Crippen LogP contribution in [-0.2, 0) is 6.42 Å². The van der Waals surface area contributed by atoms with Crippen LogP contribution in [0.5, 0.6) is 17.2 Å². The third-order valence-corrected chi connectivity index (χ3v) is 3.76. The average molecular weight is 342 g/mol. The predicted octanol–water partition coefficient (Wildman–Crippen LogP) is 3.54. The molecule has 22 heavy (non-hydrogen) atoms. The van der Waals surface area contributed by atoms with E-state index in [2.05, 4.69) is 4.98 Å². The van der Waals surface area contributed by atoms with Gasteiger partial charge in [-0.25, -0.2) is 0 Å². The zero-order valence-corrected chi connectivity index (χ0v) is 13.4. The van der Waals surface area contributed by atoms with Crippen LogP contribution in [0.4, 0.5) is 0 Å². The number of hydrogen-bond donors (Lipinski definition) is 1. The Morgan fingerprint density at radius 2 is 1.82 bits per heavy atom. The van der Waals surface area contributed by atoms with E-state index in [1.54, 1.807) is 0 Å². The molecule has 7 heteroatoms. The van der Waals surface area contributed by atoms with Crippen molar-refractivity contribution in [3.63, 3.8) is 0 Å². The molecule has 2 rings (SSSR count). The fourth-order valence-corrected chi connectivity index (χ4v) is 2.51. The lowest BCUT2D eigenvalue weighted by molar-refractivity contribution is 0.0989. The molecule has 1 aromatic heterocycles. The number of phenols is 1. The second kappa shape index (κ2) is 6.85. The molecule has 0 bridgehead atoms. The molecule has 116 valence electrons. The third kappa shape index (κ3) is 3.10. The first-order chi connectivity index (χ1) is 10.5. The summed E-state index contributed by atoms with van der Waals surface area (Å²) in [5.74, 6) is -0.272. The number of Topliss-reactive ketones (excluding diaryl/α,β-unsaturated/α-hetero) is 1. The van der Waals surface area contributed by atoms with Crippen molar-refractivity contribution in [2.75, 3.05) is 14.2 Å². The molecule has 0 unspecified atom stereocenters. The van der Waals surface area contributed by atoms with Gasteiger partial charge in [0.25, 0.3) is 0 Å². The molecule has 2 aromatic rings. The van der Waals surface area contributed by atoms with Gasteiger partial charge in [-0.3, -0.25) is 9.78 Å². The van der Waals surface area contributed by atoms with Gasteiger partial charge in [-0.1, -0.05) is 23.2 Å². The largest absolute Gasteiger partial charge is 0.502 e. The summed E-state index contributed by atoms with van der Waals surface area (Å²) in [4.78, 5) is 16.3. The molecule has 0 saturated carbocycles. The van der Waals surface area contributed by atoms with Crippen LogP contribution in [0, 0.1) is 0 Å². The van der Waals surface area contributed by atoms with E-state index >= 15 is 0 Å². The Morgan fingerprint density at radius 3 is 2.36 bits per heavy atom. The van der Waals surface area contributed by atoms with Crippen molar-refractivity contribution in [3.8, 4) is 17.2 Å². The number of ether oxygens (including phenoxy) is 2. The number of aromatic hydroxyl groups is 1. The van der Waals surface area contributed by atoms with Crippen molar-refractivity contribution in [3.05, 3.63) is 45.7 Å². The second-order valence-electron chi connectivity index (χ2n) is 4.38. The summed E-state index contributed by atoms with van der Waals surface area (Å²) in [5, 5.41) is 10.6. The maximum Gasteiger partial charge on any atom is 0.201 e. The smallest absolute Gasteiger partial charge is 0.201 e. The number of carbonyl (C=O) groups excluding carboxylic acids is 1. The molecule has 1 heterocycles. The molecule has 1 aromatic carbocycles. The van der Waals surface area contributed by atoms with Crippen LogP contribution in [0.15, 0.2) is 24.5 Å². The van der Waals surface area contributed by atoms with E-state index in [0.717, 1.165) is 0 Å². The van der Waals surface area contributed by atoms with Crippen LogP contribution >= 0.6 is 23.2 Å². The summed E-state index contributed by atoms with van der Waals surface area (Å²) in [5.41, 5.74) is 0.686. The van der Waals surface area contributed by atoms with E-state index < -0.39 is 0 Å². The van der Waals surface area contributed by atoms with Gasteiger partial charge in [-0.15, -0.1) is 0 Å². The number of nitrogens with zero attached hydrogens (tertiary/aromatic N) is 1. The van der Waals surface area contributed by atoms with Crippen molar-refractivity contribution < 1.29 is 19.4 Å². The van der Waals surface area contributed by atoms with Crippen LogP contribution in [-0.4, -0.2) is 30.1 Å². The summed E-state index contributed by atoms with van der Waals surface area (Å²) >= 11 is 12.0. The first-order valence-corrected chi connectivity index (χ1v) is 7.00. The summed E-state index contributed by atoms with van der Waals surface area (Å²) in [6, 6.07) is 3.00. The fourth-order valence-electron chi connectivity index (χ4n) is 2.01. The Kier molecular flexibility index (Phi) is 5.11. The maximum absolute atomic E-state index is 12.5. The minimum Gasteiger partial charge on any atom is -0.502 e. The number of ketones is 1. The Morgan fingerprint density at radius 1 is 1.18 bits per heavy atom. The van der Waals surface area contributed by atoms with Gasteiger partial charge in [0, 0.05) is 24.4 Å². The van der Waals surface area contributed by atoms with Crippen molar-refractivity contribution in [2.24, 2.45) is 0 Å². The van der Waals surface area contributed by atoms with E-state index in [0.29, 0.717) is 15.6 Å². The predicted molar refractivity (Wildman–Crippen MR) is 83.5 cm³/mol. The van der Waals surface area contributed by atoms with Crippen LogP contribution in [0.25, 0.3) is 0 Å². The number of benzene rings is 1. The van der Waals surface area contributed by atoms with Crippen molar-refractivity contribution in [2.45, 2.75) is 6.42 Å². The standard InChI is InChI=1S/C15H13Cl2NO4/c1-21-13-4-3-8(15(22-2)14(13)20)12(19)5-9-10(16)6-18-7-11(9)17/h3-4,6-7,20H,5H2,1-2H3. The molecule has 0 aliphatic heterocycles. The molecule has 0 saturated heterocycles. The van der Waals surface area contributed by atoms with Gasteiger partial charge in [0.05, 0.1) is 29.8 Å². The molecule has 5 nitrogen and oxygen atoms in total. The summed E-state index contributed by atoms with van der Waals surface area (Å²) < 4.78 is 10.1. The second-order valence-corrected chi connectivity index (χ2v) is 5.19.